The molecule has 2 N–H and O–H groups in total. The molecule has 2 atom stereocenters. The molecule has 2 unspecified atom stereocenters. The van der Waals surface area contributed by atoms with Gasteiger partial charge in [-0.1, -0.05) is 29.8 Å². The first-order valence-electron chi connectivity index (χ1n) is 7.75. The Labute approximate surface area is 142 Å². The summed E-state index contributed by atoms with van der Waals surface area (Å²) in [5.41, 5.74) is 1.89. The van der Waals surface area contributed by atoms with Crippen molar-refractivity contribution in [2.45, 2.75) is 32.1 Å². The van der Waals surface area contributed by atoms with Crippen molar-refractivity contribution in [3.63, 3.8) is 0 Å². The van der Waals surface area contributed by atoms with Crippen LogP contribution in [0.5, 0.6) is 0 Å². The van der Waals surface area contributed by atoms with Gasteiger partial charge in [-0.2, -0.15) is 0 Å². The highest BCUT2D eigenvalue weighted by Gasteiger charge is 2.17. The van der Waals surface area contributed by atoms with Gasteiger partial charge >= 0.3 is 0 Å². The quantitative estimate of drug-likeness (QED) is 0.778. The Kier molecular flexibility index (Phi) is 6.99. The fraction of sp³-hybridized carbons (Fsp3) is 0.389. The van der Waals surface area contributed by atoms with Crippen molar-refractivity contribution >= 4 is 11.6 Å². The van der Waals surface area contributed by atoms with Gasteiger partial charge < -0.3 is 15.2 Å². The molecular formula is C18H23ClN2O2. The number of nitrogens with one attached hydrogen (secondary N) is 1. The zero-order chi connectivity index (χ0) is 16.7. The third-order valence-corrected chi connectivity index (χ3v) is 3.58. The molecule has 0 radical (unpaired) electrons. The molecule has 4 nitrogen and oxygen atoms in total. The van der Waals surface area contributed by atoms with E-state index in [9.17, 15) is 5.11 Å². The van der Waals surface area contributed by atoms with E-state index in [1.165, 1.54) is 0 Å². The number of hydrogen-bond acceptors (Lipinski definition) is 4. The number of ether oxygens (including phenoxy) is 1. The minimum Gasteiger partial charge on any atom is -0.389 e. The predicted molar refractivity (Wildman–Crippen MR) is 92.6 cm³/mol. The van der Waals surface area contributed by atoms with Crippen molar-refractivity contribution in [2.75, 3.05) is 13.2 Å². The van der Waals surface area contributed by atoms with E-state index in [1.807, 2.05) is 56.3 Å². The van der Waals surface area contributed by atoms with Gasteiger partial charge in [0.05, 0.1) is 30.6 Å². The van der Waals surface area contributed by atoms with Gasteiger partial charge in [-0.15, -0.1) is 0 Å². The minimum atomic E-state index is -0.581. The predicted octanol–water partition coefficient (Wildman–Crippen LogP) is 3.20. The summed E-state index contributed by atoms with van der Waals surface area (Å²) >= 11 is 6.11. The number of nitrogens with zero attached hydrogens (tertiary/aromatic N) is 1. The van der Waals surface area contributed by atoms with E-state index in [0.29, 0.717) is 18.2 Å². The van der Waals surface area contributed by atoms with Gasteiger partial charge in [-0.05, 0) is 43.7 Å². The molecule has 0 spiro atoms. The molecule has 0 bridgehead atoms. The van der Waals surface area contributed by atoms with Gasteiger partial charge in [-0.25, -0.2) is 0 Å². The Morgan fingerprint density at radius 3 is 2.70 bits per heavy atom. The van der Waals surface area contributed by atoms with Crippen LogP contribution in [-0.4, -0.2) is 35.5 Å². The van der Waals surface area contributed by atoms with Crippen LogP contribution in [0.3, 0.4) is 0 Å². The molecule has 0 saturated heterocycles. The third kappa shape index (κ3) is 5.92. The largest absolute Gasteiger partial charge is 0.389 e. The number of aliphatic hydroxyl groups excluding tert-OH is 1. The summed E-state index contributed by atoms with van der Waals surface area (Å²) in [6.07, 6.45) is 1.28. The third-order valence-electron chi connectivity index (χ3n) is 3.35. The van der Waals surface area contributed by atoms with Gasteiger partial charge in [0, 0.05) is 17.8 Å². The average molecular weight is 335 g/mol. The fourth-order valence-corrected chi connectivity index (χ4v) is 2.44. The summed E-state index contributed by atoms with van der Waals surface area (Å²) in [5.74, 6) is 0. The van der Waals surface area contributed by atoms with Gasteiger partial charge in [0.2, 0.25) is 0 Å². The highest BCUT2D eigenvalue weighted by molar-refractivity contribution is 6.30. The molecule has 0 fully saturated rings. The number of hydrogen-bond donors (Lipinski definition) is 2. The fourth-order valence-electron chi connectivity index (χ4n) is 2.24. The second-order valence-corrected chi connectivity index (χ2v) is 6.12. The van der Waals surface area contributed by atoms with Crippen LogP contribution in [-0.2, 0) is 4.74 Å². The standard InChI is InChI=1S/C18H23ClN2O2/c1-13(2)23-12-16(22)11-21-18(17-8-3-4-9-20-17)14-6-5-7-15(19)10-14/h3-10,13,16,18,21-22H,11-12H2,1-2H3. The molecule has 2 aromatic rings. The summed E-state index contributed by atoms with van der Waals surface area (Å²) in [5, 5.41) is 14.1. The monoisotopic (exact) mass is 334 g/mol. The zero-order valence-corrected chi connectivity index (χ0v) is 14.2. The van der Waals surface area contributed by atoms with Gasteiger partial charge in [0.15, 0.2) is 0 Å². The lowest BCUT2D eigenvalue weighted by molar-refractivity contribution is 0.00577. The first-order chi connectivity index (χ1) is 11.1. The molecule has 0 aliphatic heterocycles. The van der Waals surface area contributed by atoms with Crippen LogP contribution in [0.1, 0.15) is 31.1 Å². The van der Waals surface area contributed by atoms with Crippen LogP contribution in [0.4, 0.5) is 0 Å². The lowest BCUT2D eigenvalue weighted by Crippen LogP contribution is -2.34. The minimum absolute atomic E-state index is 0.101. The maximum atomic E-state index is 10.1. The molecule has 2 rings (SSSR count). The molecule has 0 aliphatic rings. The van der Waals surface area contributed by atoms with E-state index in [-0.39, 0.29) is 12.1 Å². The van der Waals surface area contributed by atoms with E-state index >= 15 is 0 Å². The lowest BCUT2D eigenvalue weighted by Gasteiger charge is -2.21. The zero-order valence-electron chi connectivity index (χ0n) is 13.4. The Hall–Kier alpha value is -1.46. The number of benzene rings is 1. The van der Waals surface area contributed by atoms with E-state index in [0.717, 1.165) is 11.3 Å². The molecule has 23 heavy (non-hydrogen) atoms. The first kappa shape index (κ1) is 17.9. The van der Waals surface area contributed by atoms with E-state index in [2.05, 4.69) is 10.3 Å². The van der Waals surface area contributed by atoms with Crippen LogP contribution in [0.2, 0.25) is 5.02 Å². The Bertz CT molecular complexity index is 593. The van der Waals surface area contributed by atoms with Gasteiger partial charge in [-0.3, -0.25) is 4.98 Å². The second-order valence-electron chi connectivity index (χ2n) is 5.69. The molecular weight excluding hydrogens is 312 g/mol. The summed E-state index contributed by atoms with van der Waals surface area (Å²) in [6, 6.07) is 13.3. The summed E-state index contributed by atoms with van der Waals surface area (Å²) in [7, 11) is 0. The number of halogens is 1. The number of pyridine rings is 1. The topological polar surface area (TPSA) is 54.4 Å². The van der Waals surface area contributed by atoms with E-state index in [1.54, 1.807) is 6.20 Å². The van der Waals surface area contributed by atoms with E-state index < -0.39 is 6.10 Å². The van der Waals surface area contributed by atoms with Crippen LogP contribution in [0.15, 0.2) is 48.7 Å². The highest BCUT2D eigenvalue weighted by atomic mass is 35.5. The Morgan fingerprint density at radius 2 is 2.04 bits per heavy atom. The average Bonchev–Trinajstić information content (AvgIpc) is 2.54. The summed E-state index contributed by atoms with van der Waals surface area (Å²) in [6.45, 7) is 4.60. The van der Waals surface area contributed by atoms with Crippen molar-refractivity contribution in [1.82, 2.24) is 10.3 Å². The lowest BCUT2D eigenvalue weighted by atomic mass is 10.0. The second kappa shape index (κ2) is 8.99. The molecule has 1 aromatic heterocycles. The van der Waals surface area contributed by atoms with Crippen molar-refractivity contribution in [2.24, 2.45) is 0 Å². The maximum Gasteiger partial charge on any atom is 0.0898 e. The van der Waals surface area contributed by atoms with Crippen LogP contribution < -0.4 is 5.32 Å². The number of rotatable bonds is 8. The number of aliphatic hydroxyl groups is 1. The van der Waals surface area contributed by atoms with Crippen molar-refractivity contribution in [3.8, 4) is 0 Å². The molecule has 5 heteroatoms. The SMILES string of the molecule is CC(C)OCC(O)CNC(c1cccc(Cl)c1)c1ccccn1. The summed E-state index contributed by atoms with van der Waals surface area (Å²) in [4.78, 5) is 4.42. The highest BCUT2D eigenvalue weighted by Crippen LogP contribution is 2.23. The molecule has 1 heterocycles. The summed E-state index contributed by atoms with van der Waals surface area (Å²) < 4.78 is 5.44. The number of aromatic nitrogens is 1. The van der Waals surface area contributed by atoms with Crippen LogP contribution in [0.25, 0.3) is 0 Å². The molecule has 1 aromatic carbocycles. The van der Waals surface area contributed by atoms with Crippen LogP contribution in [0, 0.1) is 0 Å². The van der Waals surface area contributed by atoms with Crippen LogP contribution >= 0.6 is 11.6 Å². The Morgan fingerprint density at radius 1 is 1.22 bits per heavy atom. The Balaban J connectivity index is 2.09. The van der Waals surface area contributed by atoms with Crippen molar-refractivity contribution < 1.29 is 9.84 Å². The normalized spacial score (nSPS) is 14.0. The van der Waals surface area contributed by atoms with Gasteiger partial charge in [0.25, 0.3) is 0 Å². The van der Waals surface area contributed by atoms with Crippen molar-refractivity contribution in [1.29, 1.82) is 0 Å². The molecule has 124 valence electrons. The molecule has 0 saturated carbocycles. The van der Waals surface area contributed by atoms with Gasteiger partial charge in [0.1, 0.15) is 0 Å². The maximum absolute atomic E-state index is 10.1. The van der Waals surface area contributed by atoms with E-state index in [4.69, 9.17) is 16.3 Å². The smallest absolute Gasteiger partial charge is 0.0898 e. The molecule has 0 aliphatic carbocycles. The first-order valence-corrected chi connectivity index (χ1v) is 8.13. The van der Waals surface area contributed by atoms with Crippen molar-refractivity contribution in [3.05, 3.63) is 64.9 Å². The molecule has 0 amide bonds.